The Morgan fingerprint density at radius 1 is 1.13 bits per heavy atom. The number of hydrazone groups is 1. The highest BCUT2D eigenvalue weighted by Crippen LogP contribution is 2.35. The fraction of sp³-hybridized carbons (Fsp3) is 0.227. The number of aromatic nitrogens is 2. The van der Waals surface area contributed by atoms with E-state index in [1.54, 1.807) is 6.21 Å². The molecule has 2 aromatic carbocycles. The zero-order chi connectivity index (χ0) is 20.9. The summed E-state index contributed by atoms with van der Waals surface area (Å²) in [5.74, 6) is 1.46. The minimum atomic E-state index is 0.231. The van der Waals surface area contributed by atoms with Crippen molar-refractivity contribution in [1.82, 2.24) is 20.5 Å². The average Bonchev–Trinajstić information content (AvgIpc) is 3.18. The standard InChI is InChI=1S/C22H23N5O2S/c1-15(2)24-22(30)25-23-13-17-14-27(18-6-4-3-5-7-18)26-21(17)16-8-9-19-20(12-16)29-11-10-28-19/h3-9,12-15H,10-11H2,1-2H3,(H2,24,25,30). The van der Waals surface area contributed by atoms with E-state index in [0.717, 1.165) is 34.0 Å². The van der Waals surface area contributed by atoms with Gasteiger partial charge in [-0.1, -0.05) is 18.2 Å². The number of benzene rings is 2. The molecule has 0 aliphatic carbocycles. The molecule has 154 valence electrons. The average molecular weight is 422 g/mol. The Morgan fingerprint density at radius 3 is 2.67 bits per heavy atom. The molecule has 1 aliphatic rings. The second kappa shape index (κ2) is 8.96. The molecule has 0 unspecified atom stereocenters. The van der Waals surface area contributed by atoms with Gasteiger partial charge in [-0.25, -0.2) is 4.68 Å². The first-order chi connectivity index (χ1) is 14.6. The molecule has 7 nitrogen and oxygen atoms in total. The van der Waals surface area contributed by atoms with Gasteiger partial charge in [0.1, 0.15) is 18.9 Å². The Morgan fingerprint density at radius 2 is 1.90 bits per heavy atom. The zero-order valence-corrected chi connectivity index (χ0v) is 17.6. The molecule has 1 aromatic heterocycles. The highest BCUT2D eigenvalue weighted by Gasteiger charge is 2.16. The van der Waals surface area contributed by atoms with E-state index in [1.807, 2.05) is 73.3 Å². The highest BCUT2D eigenvalue weighted by molar-refractivity contribution is 7.80. The van der Waals surface area contributed by atoms with Gasteiger partial charge in [-0.2, -0.15) is 10.2 Å². The van der Waals surface area contributed by atoms with Crippen molar-refractivity contribution in [3.05, 3.63) is 60.3 Å². The lowest BCUT2D eigenvalue weighted by molar-refractivity contribution is 0.171. The fourth-order valence-electron chi connectivity index (χ4n) is 3.06. The summed E-state index contributed by atoms with van der Waals surface area (Å²) in [5.41, 5.74) is 6.35. The van der Waals surface area contributed by atoms with E-state index in [1.165, 1.54) is 0 Å². The molecule has 0 radical (unpaired) electrons. The third-order valence-electron chi connectivity index (χ3n) is 4.37. The van der Waals surface area contributed by atoms with Gasteiger partial charge in [0.05, 0.1) is 11.9 Å². The van der Waals surface area contributed by atoms with Crippen LogP contribution in [0.2, 0.25) is 0 Å². The summed E-state index contributed by atoms with van der Waals surface area (Å²) in [7, 11) is 0. The predicted octanol–water partition coefficient (Wildman–Crippen LogP) is 3.52. The van der Waals surface area contributed by atoms with Gasteiger partial charge >= 0.3 is 0 Å². The number of hydrogen-bond acceptors (Lipinski definition) is 5. The molecule has 3 aromatic rings. The minimum Gasteiger partial charge on any atom is -0.486 e. The van der Waals surface area contributed by atoms with Crippen molar-refractivity contribution in [2.75, 3.05) is 13.2 Å². The number of thiocarbonyl (C=S) groups is 1. The van der Waals surface area contributed by atoms with Crippen LogP contribution in [0, 0.1) is 0 Å². The van der Waals surface area contributed by atoms with Crippen LogP contribution >= 0.6 is 12.2 Å². The number of nitrogens with zero attached hydrogens (tertiary/aromatic N) is 3. The molecule has 4 rings (SSSR count). The number of nitrogens with one attached hydrogen (secondary N) is 2. The van der Waals surface area contributed by atoms with Gasteiger partial charge in [0, 0.05) is 23.4 Å². The van der Waals surface area contributed by atoms with Gasteiger partial charge in [0.2, 0.25) is 0 Å². The molecular weight excluding hydrogens is 398 g/mol. The first-order valence-electron chi connectivity index (χ1n) is 9.75. The summed E-state index contributed by atoms with van der Waals surface area (Å²) in [6.07, 6.45) is 3.65. The van der Waals surface area contributed by atoms with E-state index in [-0.39, 0.29) is 6.04 Å². The number of ether oxygens (including phenoxy) is 2. The third-order valence-corrected chi connectivity index (χ3v) is 4.58. The number of fused-ring (bicyclic) bond motifs is 1. The SMILES string of the molecule is CC(C)NC(=S)NN=Cc1cn(-c2ccccc2)nc1-c1ccc2c(c1)OCCO2. The maximum absolute atomic E-state index is 5.74. The molecule has 30 heavy (non-hydrogen) atoms. The van der Waals surface area contributed by atoms with Crippen LogP contribution in [0.1, 0.15) is 19.4 Å². The zero-order valence-electron chi connectivity index (χ0n) is 16.8. The molecule has 0 saturated carbocycles. The molecular formula is C22H23N5O2S. The van der Waals surface area contributed by atoms with Crippen LogP contribution in [0.25, 0.3) is 16.9 Å². The second-order valence-corrected chi connectivity index (χ2v) is 7.48. The Balaban J connectivity index is 1.67. The van der Waals surface area contributed by atoms with Crippen LogP contribution in [-0.2, 0) is 0 Å². The quantitative estimate of drug-likeness (QED) is 0.373. The molecule has 2 N–H and O–H groups in total. The lowest BCUT2D eigenvalue weighted by Gasteiger charge is -2.18. The molecule has 2 heterocycles. The highest BCUT2D eigenvalue weighted by atomic mass is 32.1. The molecule has 0 saturated heterocycles. The smallest absolute Gasteiger partial charge is 0.187 e. The molecule has 0 spiro atoms. The lowest BCUT2D eigenvalue weighted by Crippen LogP contribution is -2.36. The maximum Gasteiger partial charge on any atom is 0.187 e. The third kappa shape index (κ3) is 4.60. The summed E-state index contributed by atoms with van der Waals surface area (Å²) < 4.78 is 13.2. The Hall–Kier alpha value is -3.39. The van der Waals surface area contributed by atoms with Crippen LogP contribution in [0.4, 0.5) is 0 Å². The van der Waals surface area contributed by atoms with Crippen molar-refractivity contribution in [3.63, 3.8) is 0 Å². The van der Waals surface area contributed by atoms with Gasteiger partial charge in [-0.15, -0.1) is 0 Å². The summed E-state index contributed by atoms with van der Waals surface area (Å²) in [6.45, 7) is 5.12. The van der Waals surface area contributed by atoms with Crippen molar-refractivity contribution in [2.45, 2.75) is 19.9 Å². The van der Waals surface area contributed by atoms with Crippen molar-refractivity contribution in [3.8, 4) is 28.4 Å². The van der Waals surface area contributed by atoms with Crippen LogP contribution in [-0.4, -0.2) is 40.4 Å². The summed E-state index contributed by atoms with van der Waals surface area (Å²) in [5, 5.41) is 12.7. The van der Waals surface area contributed by atoms with Crippen LogP contribution in [0.3, 0.4) is 0 Å². The Kier molecular flexibility index (Phi) is 5.94. The van der Waals surface area contributed by atoms with Gasteiger partial charge in [-0.3, -0.25) is 5.43 Å². The minimum absolute atomic E-state index is 0.231. The number of para-hydroxylation sites is 1. The molecule has 0 atom stereocenters. The van der Waals surface area contributed by atoms with E-state index < -0.39 is 0 Å². The van der Waals surface area contributed by atoms with Crippen molar-refractivity contribution < 1.29 is 9.47 Å². The predicted molar refractivity (Wildman–Crippen MR) is 122 cm³/mol. The lowest BCUT2D eigenvalue weighted by atomic mass is 10.1. The van der Waals surface area contributed by atoms with Crippen molar-refractivity contribution in [1.29, 1.82) is 0 Å². The number of rotatable bonds is 5. The van der Waals surface area contributed by atoms with E-state index in [2.05, 4.69) is 15.8 Å². The van der Waals surface area contributed by atoms with Crippen molar-refractivity contribution >= 4 is 23.5 Å². The molecule has 0 bridgehead atoms. The van der Waals surface area contributed by atoms with Gasteiger partial charge in [-0.05, 0) is 56.4 Å². The largest absolute Gasteiger partial charge is 0.486 e. The molecule has 8 heteroatoms. The second-order valence-electron chi connectivity index (χ2n) is 7.07. The molecule has 0 amide bonds. The Bertz CT molecular complexity index is 1060. The fourth-order valence-corrected chi connectivity index (χ4v) is 3.35. The van der Waals surface area contributed by atoms with Crippen LogP contribution in [0.15, 0.2) is 59.8 Å². The van der Waals surface area contributed by atoms with E-state index in [0.29, 0.717) is 18.3 Å². The van der Waals surface area contributed by atoms with Crippen LogP contribution in [0.5, 0.6) is 11.5 Å². The maximum atomic E-state index is 5.74. The van der Waals surface area contributed by atoms with E-state index in [4.69, 9.17) is 26.8 Å². The van der Waals surface area contributed by atoms with E-state index in [9.17, 15) is 0 Å². The van der Waals surface area contributed by atoms with Gasteiger partial charge in [0.25, 0.3) is 0 Å². The summed E-state index contributed by atoms with van der Waals surface area (Å²) >= 11 is 5.23. The summed E-state index contributed by atoms with van der Waals surface area (Å²) in [6, 6.07) is 16.0. The Labute approximate surface area is 180 Å². The van der Waals surface area contributed by atoms with Gasteiger partial charge in [0.15, 0.2) is 16.6 Å². The first kappa shape index (κ1) is 19.9. The van der Waals surface area contributed by atoms with Crippen LogP contribution < -0.4 is 20.2 Å². The van der Waals surface area contributed by atoms with Gasteiger partial charge < -0.3 is 14.8 Å². The topological polar surface area (TPSA) is 72.7 Å². The first-order valence-corrected chi connectivity index (χ1v) is 10.2. The molecule has 0 fully saturated rings. The summed E-state index contributed by atoms with van der Waals surface area (Å²) in [4.78, 5) is 0. The molecule has 1 aliphatic heterocycles. The van der Waals surface area contributed by atoms with E-state index >= 15 is 0 Å². The normalized spacial score (nSPS) is 12.9. The monoisotopic (exact) mass is 421 g/mol. The number of hydrogen-bond donors (Lipinski definition) is 2. The van der Waals surface area contributed by atoms with Crippen molar-refractivity contribution in [2.24, 2.45) is 5.10 Å².